The summed E-state index contributed by atoms with van der Waals surface area (Å²) in [6, 6.07) is -0.0227. The van der Waals surface area contributed by atoms with Crippen LogP contribution in [-0.2, 0) is 4.79 Å². The molecule has 1 atom stereocenters. The molecule has 0 saturated carbocycles. The molecular formula is C13H28N2O. The summed E-state index contributed by atoms with van der Waals surface area (Å²) < 4.78 is 0. The molecule has 0 saturated heterocycles. The standard InChI is InChI=1S/C13H28N2O/c1-7-10(14)8-11(16)15-13(5,6)9-12(2,3)4/h10H,7-9,14H2,1-6H3,(H,15,16). The number of hydrogen-bond donors (Lipinski definition) is 2. The fourth-order valence-electron chi connectivity index (χ4n) is 2.18. The summed E-state index contributed by atoms with van der Waals surface area (Å²) in [6.45, 7) is 12.7. The van der Waals surface area contributed by atoms with E-state index in [0.717, 1.165) is 12.8 Å². The summed E-state index contributed by atoms with van der Waals surface area (Å²) in [5, 5.41) is 3.06. The molecule has 1 unspecified atom stereocenters. The maximum Gasteiger partial charge on any atom is 0.221 e. The van der Waals surface area contributed by atoms with Gasteiger partial charge in [-0.2, -0.15) is 0 Å². The second-order valence-electron chi connectivity index (χ2n) is 6.54. The van der Waals surface area contributed by atoms with Crippen LogP contribution in [0.25, 0.3) is 0 Å². The lowest BCUT2D eigenvalue weighted by Gasteiger charge is -2.33. The van der Waals surface area contributed by atoms with E-state index >= 15 is 0 Å². The van der Waals surface area contributed by atoms with Crippen LogP contribution in [0.4, 0.5) is 0 Å². The maximum atomic E-state index is 11.7. The topological polar surface area (TPSA) is 55.1 Å². The van der Waals surface area contributed by atoms with Crippen LogP contribution in [0.1, 0.15) is 60.8 Å². The number of carbonyl (C=O) groups is 1. The van der Waals surface area contributed by atoms with Crippen molar-refractivity contribution in [3.63, 3.8) is 0 Å². The first kappa shape index (κ1) is 15.4. The molecule has 0 aliphatic carbocycles. The predicted octanol–water partition coefficient (Wildman–Crippen LogP) is 2.44. The van der Waals surface area contributed by atoms with Crippen molar-refractivity contribution in [2.24, 2.45) is 11.1 Å². The van der Waals surface area contributed by atoms with Gasteiger partial charge in [-0.3, -0.25) is 4.79 Å². The summed E-state index contributed by atoms with van der Waals surface area (Å²) in [4.78, 5) is 11.7. The zero-order valence-corrected chi connectivity index (χ0v) is 11.7. The molecule has 0 aliphatic heterocycles. The molecule has 0 bridgehead atoms. The minimum atomic E-state index is -0.164. The van der Waals surface area contributed by atoms with E-state index in [1.165, 1.54) is 0 Å². The Morgan fingerprint density at radius 1 is 1.25 bits per heavy atom. The van der Waals surface area contributed by atoms with Gasteiger partial charge in [-0.15, -0.1) is 0 Å². The first-order chi connectivity index (χ1) is 7.06. The van der Waals surface area contributed by atoms with Gasteiger partial charge in [-0.05, 0) is 32.1 Å². The van der Waals surface area contributed by atoms with Crippen LogP contribution in [0.5, 0.6) is 0 Å². The van der Waals surface area contributed by atoms with Gasteiger partial charge in [0.1, 0.15) is 0 Å². The van der Waals surface area contributed by atoms with E-state index in [4.69, 9.17) is 5.73 Å². The van der Waals surface area contributed by atoms with Gasteiger partial charge in [-0.1, -0.05) is 27.7 Å². The van der Waals surface area contributed by atoms with Crippen molar-refractivity contribution in [1.82, 2.24) is 5.32 Å². The summed E-state index contributed by atoms with van der Waals surface area (Å²) in [6.07, 6.45) is 2.21. The quantitative estimate of drug-likeness (QED) is 0.759. The average molecular weight is 228 g/mol. The molecule has 1 amide bonds. The smallest absolute Gasteiger partial charge is 0.221 e. The van der Waals surface area contributed by atoms with Crippen LogP contribution in [-0.4, -0.2) is 17.5 Å². The normalized spacial score (nSPS) is 14.7. The lowest BCUT2D eigenvalue weighted by Crippen LogP contribution is -2.47. The Kier molecular flexibility index (Phi) is 5.47. The minimum Gasteiger partial charge on any atom is -0.351 e. The van der Waals surface area contributed by atoms with Crippen molar-refractivity contribution in [3.05, 3.63) is 0 Å². The SMILES string of the molecule is CCC(N)CC(=O)NC(C)(C)CC(C)(C)C. The highest BCUT2D eigenvalue weighted by Crippen LogP contribution is 2.26. The zero-order chi connectivity index (χ0) is 13.0. The highest BCUT2D eigenvalue weighted by atomic mass is 16.1. The molecule has 0 heterocycles. The molecule has 0 spiro atoms. The molecule has 0 aromatic heterocycles. The van der Waals surface area contributed by atoms with Gasteiger partial charge in [0.05, 0.1) is 0 Å². The van der Waals surface area contributed by atoms with Gasteiger partial charge in [-0.25, -0.2) is 0 Å². The molecule has 0 rings (SSSR count). The van der Waals surface area contributed by atoms with Gasteiger partial charge >= 0.3 is 0 Å². The van der Waals surface area contributed by atoms with Crippen LogP contribution in [0, 0.1) is 5.41 Å². The zero-order valence-electron chi connectivity index (χ0n) is 11.7. The second kappa shape index (κ2) is 5.67. The highest BCUT2D eigenvalue weighted by Gasteiger charge is 2.27. The maximum absolute atomic E-state index is 11.7. The Balaban J connectivity index is 4.20. The number of nitrogens with one attached hydrogen (secondary N) is 1. The van der Waals surface area contributed by atoms with Crippen LogP contribution in [0.2, 0.25) is 0 Å². The Labute approximate surface area is 100 Å². The summed E-state index contributed by atoms with van der Waals surface area (Å²) in [7, 11) is 0. The van der Waals surface area contributed by atoms with Crippen LogP contribution in [0.3, 0.4) is 0 Å². The molecule has 0 aliphatic rings. The molecule has 0 fully saturated rings. The minimum absolute atomic E-state index is 0.0227. The first-order valence-electron chi connectivity index (χ1n) is 6.12. The van der Waals surface area contributed by atoms with Crippen molar-refractivity contribution >= 4 is 5.91 Å². The Morgan fingerprint density at radius 3 is 2.12 bits per heavy atom. The molecule has 0 aromatic carbocycles. The molecule has 0 radical (unpaired) electrons. The number of rotatable bonds is 5. The molecule has 3 heteroatoms. The monoisotopic (exact) mass is 228 g/mol. The van der Waals surface area contributed by atoms with Gasteiger partial charge < -0.3 is 11.1 Å². The molecule has 96 valence electrons. The van der Waals surface area contributed by atoms with Crippen molar-refractivity contribution in [2.75, 3.05) is 0 Å². The van der Waals surface area contributed by atoms with E-state index in [-0.39, 0.29) is 22.9 Å². The van der Waals surface area contributed by atoms with Gasteiger partial charge in [0, 0.05) is 18.0 Å². The highest BCUT2D eigenvalue weighted by molar-refractivity contribution is 5.77. The number of hydrogen-bond acceptors (Lipinski definition) is 2. The van der Waals surface area contributed by atoms with Crippen LogP contribution in [0.15, 0.2) is 0 Å². The molecular weight excluding hydrogens is 200 g/mol. The fourth-order valence-corrected chi connectivity index (χ4v) is 2.18. The largest absolute Gasteiger partial charge is 0.351 e. The molecule has 16 heavy (non-hydrogen) atoms. The van der Waals surface area contributed by atoms with Gasteiger partial charge in [0.15, 0.2) is 0 Å². The first-order valence-corrected chi connectivity index (χ1v) is 6.12. The fraction of sp³-hybridized carbons (Fsp3) is 0.923. The van der Waals surface area contributed by atoms with E-state index in [1.54, 1.807) is 0 Å². The van der Waals surface area contributed by atoms with E-state index in [2.05, 4.69) is 39.9 Å². The molecule has 0 aromatic rings. The summed E-state index contributed by atoms with van der Waals surface area (Å²) >= 11 is 0. The molecule has 3 N–H and O–H groups in total. The number of nitrogens with two attached hydrogens (primary N) is 1. The van der Waals surface area contributed by atoms with Crippen LogP contribution >= 0.6 is 0 Å². The van der Waals surface area contributed by atoms with Crippen molar-refractivity contribution in [3.8, 4) is 0 Å². The van der Waals surface area contributed by atoms with Crippen LogP contribution < -0.4 is 11.1 Å². The third kappa shape index (κ3) is 7.69. The third-order valence-corrected chi connectivity index (χ3v) is 2.42. The van der Waals surface area contributed by atoms with E-state index in [1.807, 2.05) is 6.92 Å². The lowest BCUT2D eigenvalue weighted by atomic mass is 9.81. The third-order valence-electron chi connectivity index (χ3n) is 2.42. The van der Waals surface area contributed by atoms with Gasteiger partial charge in [0.25, 0.3) is 0 Å². The number of carbonyl (C=O) groups excluding carboxylic acids is 1. The Hall–Kier alpha value is -0.570. The van der Waals surface area contributed by atoms with E-state index < -0.39 is 0 Å². The van der Waals surface area contributed by atoms with Crippen molar-refractivity contribution in [2.45, 2.75) is 72.4 Å². The van der Waals surface area contributed by atoms with E-state index in [0.29, 0.717) is 6.42 Å². The van der Waals surface area contributed by atoms with E-state index in [9.17, 15) is 4.79 Å². The lowest BCUT2D eigenvalue weighted by molar-refractivity contribution is -0.123. The molecule has 3 nitrogen and oxygen atoms in total. The predicted molar refractivity (Wildman–Crippen MR) is 69.2 cm³/mol. The average Bonchev–Trinajstić information content (AvgIpc) is 1.97. The van der Waals surface area contributed by atoms with Crippen molar-refractivity contribution < 1.29 is 4.79 Å². The summed E-state index contributed by atoms with van der Waals surface area (Å²) in [5.41, 5.74) is 5.81. The number of amides is 1. The Morgan fingerprint density at radius 2 is 1.75 bits per heavy atom. The summed E-state index contributed by atoms with van der Waals surface area (Å²) in [5.74, 6) is 0.0589. The second-order valence-corrected chi connectivity index (χ2v) is 6.54. The van der Waals surface area contributed by atoms with Gasteiger partial charge in [0.2, 0.25) is 5.91 Å². The Bertz CT molecular complexity index is 229. The van der Waals surface area contributed by atoms with Crippen molar-refractivity contribution in [1.29, 1.82) is 0 Å².